The molecule has 3 rings (SSSR count). The SMILES string of the molecule is CC(C)c1cccc2c1CC(c1nn[nH]n1)=[N+]2C. The van der Waals surface area contributed by atoms with Gasteiger partial charge in [0.2, 0.25) is 11.4 Å². The smallest absolute Gasteiger partial charge is 0.195 e. The fourth-order valence-electron chi connectivity index (χ4n) is 2.58. The number of aromatic nitrogens is 4. The van der Waals surface area contributed by atoms with Gasteiger partial charge in [0.25, 0.3) is 5.82 Å². The van der Waals surface area contributed by atoms with Gasteiger partial charge < -0.3 is 0 Å². The Balaban J connectivity index is 2.11. The topological polar surface area (TPSA) is 57.5 Å². The van der Waals surface area contributed by atoms with E-state index in [2.05, 4.69) is 64.3 Å². The lowest BCUT2D eigenvalue weighted by atomic mass is 9.94. The number of rotatable bonds is 2. The summed E-state index contributed by atoms with van der Waals surface area (Å²) in [6, 6.07) is 6.47. The molecule has 0 radical (unpaired) electrons. The van der Waals surface area contributed by atoms with Gasteiger partial charge in [0.1, 0.15) is 7.05 Å². The van der Waals surface area contributed by atoms with E-state index in [-0.39, 0.29) is 0 Å². The molecule has 0 amide bonds. The summed E-state index contributed by atoms with van der Waals surface area (Å²) < 4.78 is 2.16. The first-order valence-electron chi connectivity index (χ1n) is 6.13. The highest BCUT2D eigenvalue weighted by Gasteiger charge is 2.32. The van der Waals surface area contributed by atoms with E-state index in [9.17, 15) is 0 Å². The molecule has 1 aromatic carbocycles. The van der Waals surface area contributed by atoms with Crippen molar-refractivity contribution < 1.29 is 4.58 Å². The molecule has 5 nitrogen and oxygen atoms in total. The molecule has 0 fully saturated rings. The van der Waals surface area contributed by atoms with Gasteiger partial charge in [-0.05, 0) is 16.7 Å². The standard InChI is InChI=1S/C13H15N5/c1-8(2)9-5-4-6-11-10(9)7-12(18(11)3)13-14-16-17-15-13/h4-6,8H,7H2,1-3H3/p+1. The Morgan fingerprint density at radius 3 is 2.83 bits per heavy atom. The van der Waals surface area contributed by atoms with Crippen LogP contribution >= 0.6 is 0 Å². The molecule has 18 heavy (non-hydrogen) atoms. The van der Waals surface area contributed by atoms with E-state index in [1.807, 2.05) is 0 Å². The fraction of sp³-hybridized carbons (Fsp3) is 0.385. The summed E-state index contributed by atoms with van der Waals surface area (Å²) in [4.78, 5) is 0. The molecular formula is C13H16N5+. The van der Waals surface area contributed by atoms with Gasteiger partial charge in [-0.1, -0.05) is 26.0 Å². The minimum absolute atomic E-state index is 0.526. The number of hydrogen-bond donors (Lipinski definition) is 1. The number of tetrazole rings is 1. The van der Waals surface area contributed by atoms with E-state index in [4.69, 9.17) is 0 Å². The van der Waals surface area contributed by atoms with E-state index in [1.165, 1.54) is 16.8 Å². The maximum absolute atomic E-state index is 4.08. The summed E-state index contributed by atoms with van der Waals surface area (Å²) >= 11 is 0. The Bertz CT molecular complexity index is 610. The van der Waals surface area contributed by atoms with Gasteiger partial charge in [0.15, 0.2) is 0 Å². The molecule has 0 saturated carbocycles. The van der Waals surface area contributed by atoms with Crippen molar-refractivity contribution in [1.29, 1.82) is 0 Å². The van der Waals surface area contributed by atoms with Crippen LogP contribution in [-0.4, -0.2) is 38.0 Å². The normalized spacial score (nSPS) is 14.4. The third-order valence-corrected chi connectivity index (χ3v) is 3.52. The minimum atomic E-state index is 0.526. The van der Waals surface area contributed by atoms with Crippen LogP contribution in [0.1, 0.15) is 36.7 Å². The van der Waals surface area contributed by atoms with Crippen molar-refractivity contribution in [2.24, 2.45) is 0 Å². The molecule has 1 aliphatic heterocycles. The van der Waals surface area contributed by atoms with Crippen LogP contribution in [0.2, 0.25) is 0 Å². The number of nitrogens with zero attached hydrogens (tertiary/aromatic N) is 4. The Morgan fingerprint density at radius 2 is 2.17 bits per heavy atom. The summed E-state index contributed by atoms with van der Waals surface area (Å²) in [7, 11) is 2.06. The van der Waals surface area contributed by atoms with Gasteiger partial charge in [0.05, 0.1) is 6.42 Å². The largest absolute Gasteiger partial charge is 0.264 e. The van der Waals surface area contributed by atoms with Gasteiger partial charge in [-0.2, -0.15) is 9.79 Å². The Labute approximate surface area is 106 Å². The van der Waals surface area contributed by atoms with Crippen molar-refractivity contribution in [1.82, 2.24) is 20.6 Å². The van der Waals surface area contributed by atoms with E-state index in [0.717, 1.165) is 12.1 Å². The Kier molecular flexibility index (Phi) is 2.47. The number of nitrogens with one attached hydrogen (secondary N) is 1. The number of H-pyrrole nitrogens is 1. The van der Waals surface area contributed by atoms with Gasteiger partial charge in [-0.15, -0.1) is 10.2 Å². The zero-order valence-electron chi connectivity index (χ0n) is 10.8. The summed E-state index contributed by atoms with van der Waals surface area (Å²) in [6.45, 7) is 4.45. The lowest BCUT2D eigenvalue weighted by molar-refractivity contribution is -0.401. The first-order valence-corrected chi connectivity index (χ1v) is 6.13. The minimum Gasteiger partial charge on any atom is -0.195 e. The van der Waals surface area contributed by atoms with Crippen molar-refractivity contribution in [3.8, 4) is 0 Å². The lowest BCUT2D eigenvalue weighted by Gasteiger charge is -2.08. The lowest BCUT2D eigenvalue weighted by Crippen LogP contribution is -2.12. The van der Waals surface area contributed by atoms with E-state index >= 15 is 0 Å². The van der Waals surface area contributed by atoms with Crippen LogP contribution in [0.5, 0.6) is 0 Å². The van der Waals surface area contributed by atoms with Gasteiger partial charge in [-0.3, -0.25) is 0 Å². The summed E-state index contributed by atoms with van der Waals surface area (Å²) in [5.41, 5.74) is 5.14. The predicted molar refractivity (Wildman–Crippen MR) is 68.4 cm³/mol. The maximum Gasteiger partial charge on any atom is 0.264 e. The highest BCUT2D eigenvalue weighted by molar-refractivity contribution is 5.98. The molecule has 92 valence electrons. The molecule has 1 N–H and O–H groups in total. The molecule has 1 aromatic heterocycles. The maximum atomic E-state index is 4.08. The Morgan fingerprint density at radius 1 is 1.33 bits per heavy atom. The molecule has 0 spiro atoms. The van der Waals surface area contributed by atoms with Crippen molar-refractivity contribution in [3.05, 3.63) is 35.2 Å². The molecule has 0 bridgehead atoms. The molecule has 2 aromatic rings. The highest BCUT2D eigenvalue weighted by Crippen LogP contribution is 2.32. The zero-order chi connectivity index (χ0) is 12.7. The second-order valence-corrected chi connectivity index (χ2v) is 4.92. The number of aromatic amines is 1. The van der Waals surface area contributed by atoms with Crippen LogP contribution in [0.25, 0.3) is 0 Å². The predicted octanol–water partition coefficient (Wildman–Crippen LogP) is 1.64. The second kappa shape index (κ2) is 4.01. The van der Waals surface area contributed by atoms with Crippen molar-refractivity contribution in [3.63, 3.8) is 0 Å². The van der Waals surface area contributed by atoms with Crippen LogP contribution in [0.4, 0.5) is 5.69 Å². The zero-order valence-corrected chi connectivity index (χ0v) is 10.8. The number of benzene rings is 1. The van der Waals surface area contributed by atoms with Crippen molar-refractivity contribution in [2.75, 3.05) is 7.05 Å². The molecule has 2 heterocycles. The third-order valence-electron chi connectivity index (χ3n) is 3.52. The monoisotopic (exact) mass is 242 g/mol. The molecule has 0 atom stereocenters. The van der Waals surface area contributed by atoms with Gasteiger partial charge in [-0.25, -0.2) is 0 Å². The molecule has 0 unspecified atom stereocenters. The van der Waals surface area contributed by atoms with Crippen LogP contribution in [0, 0.1) is 0 Å². The summed E-state index contributed by atoms with van der Waals surface area (Å²) in [5, 5.41) is 14.3. The average molecular weight is 242 g/mol. The Hall–Kier alpha value is -2.04. The second-order valence-electron chi connectivity index (χ2n) is 4.92. The summed E-state index contributed by atoms with van der Waals surface area (Å²) in [6.07, 6.45) is 0.875. The first kappa shape index (κ1) is 11.1. The molecule has 5 heteroatoms. The van der Waals surface area contributed by atoms with Crippen LogP contribution < -0.4 is 0 Å². The van der Waals surface area contributed by atoms with E-state index < -0.39 is 0 Å². The number of fused-ring (bicyclic) bond motifs is 1. The van der Waals surface area contributed by atoms with Crippen molar-refractivity contribution in [2.45, 2.75) is 26.2 Å². The number of hydrogen-bond acceptors (Lipinski definition) is 3. The van der Waals surface area contributed by atoms with Crippen LogP contribution in [0.15, 0.2) is 18.2 Å². The van der Waals surface area contributed by atoms with Crippen molar-refractivity contribution >= 4 is 11.4 Å². The fourth-order valence-corrected chi connectivity index (χ4v) is 2.58. The third kappa shape index (κ3) is 1.54. The van der Waals surface area contributed by atoms with Crippen LogP contribution in [-0.2, 0) is 6.42 Å². The first-order chi connectivity index (χ1) is 8.68. The highest BCUT2D eigenvalue weighted by atomic mass is 15.5. The van der Waals surface area contributed by atoms with Crippen LogP contribution in [0.3, 0.4) is 0 Å². The van der Waals surface area contributed by atoms with E-state index in [0.29, 0.717) is 11.7 Å². The molecule has 0 aliphatic carbocycles. The molecule has 0 saturated heterocycles. The van der Waals surface area contributed by atoms with E-state index in [1.54, 1.807) is 0 Å². The average Bonchev–Trinajstić information content (AvgIpc) is 2.97. The quantitative estimate of drug-likeness (QED) is 0.814. The molecule has 1 aliphatic rings. The molecular weight excluding hydrogens is 226 g/mol. The summed E-state index contributed by atoms with van der Waals surface area (Å²) in [5.74, 6) is 1.21. The van der Waals surface area contributed by atoms with Gasteiger partial charge in [0, 0.05) is 11.6 Å². The van der Waals surface area contributed by atoms with Gasteiger partial charge >= 0.3 is 0 Å².